The van der Waals surface area contributed by atoms with Gasteiger partial charge in [-0.2, -0.15) is 0 Å². The van der Waals surface area contributed by atoms with Crippen LogP contribution in [-0.4, -0.2) is 141 Å². The second-order valence-corrected chi connectivity index (χ2v) is 18.7. The van der Waals surface area contributed by atoms with E-state index in [4.69, 9.17) is 18.9 Å². The molecule has 76 heavy (non-hydrogen) atoms. The summed E-state index contributed by atoms with van der Waals surface area (Å²) in [6, 6.07) is 29.2. The summed E-state index contributed by atoms with van der Waals surface area (Å²) in [7, 11) is 7.64. The van der Waals surface area contributed by atoms with Crippen molar-refractivity contribution in [3.8, 4) is 34.3 Å². The number of fused-ring (bicyclic) bond motifs is 2. The van der Waals surface area contributed by atoms with Crippen LogP contribution in [0.25, 0.3) is 22.8 Å². The molecule has 5 heterocycles. The van der Waals surface area contributed by atoms with Gasteiger partial charge in [0.25, 0.3) is 0 Å². The lowest BCUT2D eigenvalue weighted by atomic mass is 10.0. The number of nitrogens with zero attached hydrogens (tertiary/aromatic N) is 8. The zero-order valence-electron chi connectivity index (χ0n) is 43.3. The Bertz CT molecular complexity index is 2900. The molecule has 4 aromatic carbocycles. The van der Waals surface area contributed by atoms with E-state index < -0.39 is 48.3 Å². The number of ether oxygens (including phenoxy) is 4. The maximum atomic E-state index is 13.4. The first kappa shape index (κ1) is 55.3. The Morgan fingerprint density at radius 3 is 1.37 bits per heavy atom. The molecule has 6 aromatic rings. The number of esters is 1. The summed E-state index contributed by atoms with van der Waals surface area (Å²) in [5.41, 5.74) is 3.17. The highest BCUT2D eigenvalue weighted by Crippen LogP contribution is 2.32. The molecule has 4 amide bonds. The van der Waals surface area contributed by atoms with Gasteiger partial charge in [0.1, 0.15) is 47.3 Å². The van der Waals surface area contributed by atoms with Crippen LogP contribution >= 0.6 is 0 Å². The number of amides is 4. The number of carbonyl (C=O) groups is 6. The molecular weight excluding hydrogens is 977 g/mol. The van der Waals surface area contributed by atoms with Gasteiger partial charge >= 0.3 is 24.1 Å². The summed E-state index contributed by atoms with van der Waals surface area (Å²) in [5, 5.41) is 32.6. The molecule has 0 bridgehead atoms. The third-order valence-corrected chi connectivity index (χ3v) is 12.7. The van der Waals surface area contributed by atoms with Gasteiger partial charge in [0.15, 0.2) is 11.6 Å². The minimum Gasteiger partial charge on any atom is -0.480 e. The van der Waals surface area contributed by atoms with Crippen molar-refractivity contribution in [2.75, 3.05) is 48.5 Å². The first-order valence-electron chi connectivity index (χ1n) is 25.1. The molecule has 4 atom stereocenters. The van der Waals surface area contributed by atoms with E-state index in [0.717, 1.165) is 55.0 Å². The van der Waals surface area contributed by atoms with Crippen molar-refractivity contribution in [1.29, 1.82) is 0 Å². The quantitative estimate of drug-likeness (QED) is 0.102. The summed E-state index contributed by atoms with van der Waals surface area (Å²) in [6.45, 7) is 2.00. The van der Waals surface area contributed by atoms with Gasteiger partial charge < -0.3 is 44.5 Å². The number of aryl methyl sites for hydroxylation is 2. The number of hydrogen-bond acceptors (Lipinski definition) is 14. The highest BCUT2D eigenvalue weighted by atomic mass is 16.6. The predicted octanol–water partition coefficient (Wildman–Crippen LogP) is 6.28. The van der Waals surface area contributed by atoms with Gasteiger partial charge in [-0.15, -0.1) is 20.4 Å². The van der Waals surface area contributed by atoms with E-state index in [1.165, 1.54) is 29.8 Å². The summed E-state index contributed by atoms with van der Waals surface area (Å²) in [6.07, 6.45) is 6.01. The van der Waals surface area contributed by atoms with Crippen LogP contribution in [0.15, 0.2) is 109 Å². The number of aromatic nitrogens is 6. The summed E-state index contributed by atoms with van der Waals surface area (Å²) in [4.78, 5) is 77.3. The topological polar surface area (TPSA) is 252 Å². The van der Waals surface area contributed by atoms with Gasteiger partial charge in [-0.3, -0.25) is 18.7 Å². The van der Waals surface area contributed by atoms with Crippen molar-refractivity contribution >= 4 is 35.9 Å². The number of nitrogens with one attached hydrogen (secondary N) is 2. The molecule has 1 saturated heterocycles. The van der Waals surface area contributed by atoms with Gasteiger partial charge in [-0.25, -0.2) is 19.2 Å². The Hall–Kier alpha value is -8.46. The second kappa shape index (κ2) is 26.7. The lowest BCUT2D eigenvalue weighted by molar-refractivity contribution is -0.145. The number of carbonyl (C=O) groups excluding carboxylic acids is 5. The third-order valence-electron chi connectivity index (χ3n) is 12.7. The molecule has 2 aromatic heterocycles. The fourth-order valence-corrected chi connectivity index (χ4v) is 8.70. The maximum Gasteiger partial charge on any atom is 0.414 e. The molecule has 0 aliphatic carbocycles. The molecule has 4 unspecified atom stereocenters. The largest absolute Gasteiger partial charge is 0.480 e. The minimum absolute atomic E-state index is 0.0796. The SMILES string of the molecule is C1CCOC1.CN(C)C(=O)Oc1ccc(CC(NC(=O)C2CCCc3nnc(-c4ccccc4)n32)C(=O)O)cc1.COC(=O)C(Cc1ccc(OC(=O)N(C)C)cc1)NC(=O)C1CCCc2nnc(-c3ccccc3)n21. The van der Waals surface area contributed by atoms with Crippen LogP contribution in [0.2, 0.25) is 0 Å². The normalized spacial score (nSPS) is 16.0. The minimum atomic E-state index is -1.13. The van der Waals surface area contributed by atoms with Gasteiger partial charge in [0, 0.05) is 78.2 Å². The number of hydrogen-bond donors (Lipinski definition) is 3. The smallest absolute Gasteiger partial charge is 0.414 e. The number of aliphatic carboxylic acids is 1. The molecule has 21 heteroatoms. The predicted molar refractivity (Wildman–Crippen MR) is 278 cm³/mol. The van der Waals surface area contributed by atoms with Crippen molar-refractivity contribution in [2.45, 2.75) is 88.4 Å². The van der Waals surface area contributed by atoms with Crippen molar-refractivity contribution in [1.82, 2.24) is 50.0 Å². The molecule has 3 aliphatic heterocycles. The van der Waals surface area contributed by atoms with Crippen molar-refractivity contribution in [3.63, 3.8) is 0 Å². The first-order valence-corrected chi connectivity index (χ1v) is 25.1. The van der Waals surface area contributed by atoms with Crippen molar-refractivity contribution in [3.05, 3.63) is 132 Å². The fourth-order valence-electron chi connectivity index (χ4n) is 8.70. The van der Waals surface area contributed by atoms with Crippen LogP contribution in [0, 0.1) is 0 Å². The molecular formula is C55H64N10O11. The van der Waals surface area contributed by atoms with Crippen LogP contribution in [0.4, 0.5) is 9.59 Å². The average molecular weight is 1040 g/mol. The van der Waals surface area contributed by atoms with Crippen molar-refractivity contribution in [2.24, 2.45) is 0 Å². The van der Waals surface area contributed by atoms with Crippen LogP contribution in [0.3, 0.4) is 0 Å². The summed E-state index contributed by atoms with van der Waals surface area (Å²) < 4.78 is 24.0. The molecule has 9 rings (SSSR count). The van der Waals surface area contributed by atoms with E-state index in [1.807, 2.05) is 69.8 Å². The number of methoxy groups -OCH3 is 1. The van der Waals surface area contributed by atoms with Crippen LogP contribution < -0.4 is 20.1 Å². The van der Waals surface area contributed by atoms with Gasteiger partial charge in [-0.05, 0) is 73.9 Å². The lowest BCUT2D eigenvalue weighted by Crippen LogP contribution is -2.46. The average Bonchev–Trinajstić information content (AvgIpc) is 4.28. The Labute approximate surface area is 440 Å². The monoisotopic (exact) mass is 1040 g/mol. The molecule has 3 aliphatic rings. The lowest BCUT2D eigenvalue weighted by Gasteiger charge is -2.27. The van der Waals surface area contributed by atoms with Crippen LogP contribution in [0.5, 0.6) is 11.5 Å². The zero-order valence-corrected chi connectivity index (χ0v) is 43.3. The number of benzene rings is 4. The highest BCUT2D eigenvalue weighted by molar-refractivity contribution is 5.88. The number of carboxylic acid groups (broad SMARTS) is 1. The second-order valence-electron chi connectivity index (χ2n) is 18.7. The third kappa shape index (κ3) is 14.6. The zero-order chi connectivity index (χ0) is 54.1. The van der Waals surface area contributed by atoms with E-state index in [0.29, 0.717) is 53.8 Å². The number of carboxylic acids is 1. The van der Waals surface area contributed by atoms with E-state index in [2.05, 4.69) is 31.0 Å². The summed E-state index contributed by atoms with van der Waals surface area (Å²) in [5.74, 6) is 1.05. The molecule has 0 saturated carbocycles. The molecule has 1 fully saturated rings. The van der Waals surface area contributed by atoms with Gasteiger partial charge in [-0.1, -0.05) is 84.9 Å². The molecule has 3 N–H and O–H groups in total. The van der Waals surface area contributed by atoms with E-state index in [1.54, 1.807) is 76.7 Å². The van der Waals surface area contributed by atoms with Gasteiger partial charge in [0.05, 0.1) is 7.11 Å². The Morgan fingerprint density at radius 2 is 1.00 bits per heavy atom. The highest BCUT2D eigenvalue weighted by Gasteiger charge is 2.35. The van der Waals surface area contributed by atoms with E-state index >= 15 is 0 Å². The van der Waals surface area contributed by atoms with Crippen LogP contribution in [-0.2, 0) is 54.3 Å². The first-order chi connectivity index (χ1) is 36.7. The maximum absolute atomic E-state index is 13.4. The van der Waals surface area contributed by atoms with Crippen LogP contribution in [0.1, 0.15) is 73.4 Å². The Morgan fingerprint density at radius 1 is 0.592 bits per heavy atom. The number of rotatable bonds is 14. The fraction of sp³-hybridized carbons (Fsp3) is 0.382. The molecule has 0 spiro atoms. The van der Waals surface area contributed by atoms with E-state index in [9.17, 15) is 33.9 Å². The Balaban J connectivity index is 0.000000202. The van der Waals surface area contributed by atoms with Gasteiger partial charge in [0.2, 0.25) is 11.8 Å². The standard InChI is InChI=1S/C26H29N5O5.C25H27N5O5.C4H8O/c1-30(2)26(34)36-19-14-12-17(13-15-19)16-20(25(33)35-3)27-24(32)21-10-7-11-22-28-29-23(31(21)22)18-8-5-4-6-9-18;1-29(2)25(34)35-18-13-11-16(12-14-18)15-19(24(32)33)26-23(31)20-9-6-10-21-27-28-22(30(20)21)17-7-4-3-5-8-17;1-2-4-5-3-1/h4-6,8-9,12-15,20-21H,7,10-11,16H2,1-3H3,(H,27,32);3-5,7-8,11-14,19-20H,6,9-10,15H2,1-2H3,(H,26,31)(H,32,33);1-4H2. The molecule has 21 nitrogen and oxygen atoms in total. The van der Waals surface area contributed by atoms with Crippen molar-refractivity contribution < 1.29 is 52.8 Å². The molecule has 0 radical (unpaired) electrons. The molecule has 400 valence electrons. The van der Waals surface area contributed by atoms with E-state index in [-0.39, 0.29) is 24.7 Å². The Kier molecular flexibility index (Phi) is 19.4. The summed E-state index contributed by atoms with van der Waals surface area (Å²) >= 11 is 0.